The molecule has 62 valence electrons. The molecule has 2 N–H and O–H groups in total. The molecule has 3 nitrogen and oxygen atoms in total. The Morgan fingerprint density at radius 3 is 3.00 bits per heavy atom. The van der Waals surface area contributed by atoms with Gasteiger partial charge < -0.3 is 4.90 Å². The lowest BCUT2D eigenvalue weighted by atomic mass is 10.3. The first-order chi connectivity index (χ1) is 5.24. The summed E-state index contributed by atoms with van der Waals surface area (Å²) in [7, 11) is 0. The molecule has 1 atom stereocenters. The summed E-state index contributed by atoms with van der Waals surface area (Å²) in [6.07, 6.45) is 4.93. The van der Waals surface area contributed by atoms with Gasteiger partial charge in [-0.3, -0.25) is 10.7 Å². The molecule has 0 aromatic carbocycles. The van der Waals surface area contributed by atoms with E-state index in [4.69, 9.17) is 5.73 Å². The molecule has 0 aliphatic carbocycles. The molecule has 0 radical (unpaired) electrons. The maximum absolute atomic E-state index is 5.74. The van der Waals surface area contributed by atoms with Gasteiger partial charge in [-0.2, -0.15) is 0 Å². The van der Waals surface area contributed by atoms with Crippen molar-refractivity contribution in [2.24, 2.45) is 10.7 Å². The smallest absolute Gasteiger partial charge is 0.173 e. The van der Waals surface area contributed by atoms with E-state index < -0.39 is 0 Å². The van der Waals surface area contributed by atoms with Crippen molar-refractivity contribution in [3.8, 4) is 0 Å². The van der Waals surface area contributed by atoms with Gasteiger partial charge in [-0.15, -0.1) is 0 Å². The normalized spacial score (nSPS) is 23.7. The highest BCUT2D eigenvalue weighted by molar-refractivity contribution is 5.93. The van der Waals surface area contributed by atoms with Crippen molar-refractivity contribution in [1.82, 2.24) is 4.90 Å². The Hall–Kier alpha value is -0.830. The second-order valence-electron chi connectivity index (χ2n) is 2.74. The van der Waals surface area contributed by atoms with Gasteiger partial charge in [0.05, 0.1) is 0 Å². The molecule has 0 bridgehead atoms. The van der Waals surface area contributed by atoms with Crippen LogP contribution >= 0.6 is 0 Å². The first-order valence-electron chi connectivity index (χ1n) is 3.98. The number of rotatable bonds is 2. The van der Waals surface area contributed by atoms with Gasteiger partial charge in [-0.05, 0) is 19.4 Å². The third-order valence-electron chi connectivity index (χ3n) is 1.66. The number of aliphatic imine (C=N–C) groups is 1. The summed E-state index contributed by atoms with van der Waals surface area (Å²) in [6, 6.07) is 0. The van der Waals surface area contributed by atoms with Crippen molar-refractivity contribution in [2.75, 3.05) is 6.54 Å². The lowest BCUT2D eigenvalue weighted by Crippen LogP contribution is -2.39. The van der Waals surface area contributed by atoms with Gasteiger partial charge in [0.15, 0.2) is 6.29 Å². The highest BCUT2D eigenvalue weighted by Crippen LogP contribution is 2.04. The fourth-order valence-electron chi connectivity index (χ4n) is 1.08. The summed E-state index contributed by atoms with van der Waals surface area (Å²) in [5.41, 5.74) is 6.75. The standard InChI is InChI=1S/C8H15N3/c1-3-5-11-6-4-7(2)10-8(11)9/h4,6,8H,3,5,9H2,1-2H3. The predicted molar refractivity (Wildman–Crippen MR) is 47.2 cm³/mol. The lowest BCUT2D eigenvalue weighted by Gasteiger charge is -2.26. The average molecular weight is 153 g/mol. The van der Waals surface area contributed by atoms with E-state index in [1.54, 1.807) is 0 Å². The Morgan fingerprint density at radius 1 is 1.73 bits per heavy atom. The minimum Gasteiger partial charge on any atom is -0.344 e. The van der Waals surface area contributed by atoms with Crippen LogP contribution in [0.5, 0.6) is 0 Å². The maximum Gasteiger partial charge on any atom is 0.173 e. The Kier molecular flexibility index (Phi) is 2.65. The fraction of sp³-hybridized carbons (Fsp3) is 0.625. The molecule has 0 amide bonds. The third-order valence-corrected chi connectivity index (χ3v) is 1.66. The van der Waals surface area contributed by atoms with Crippen LogP contribution in [-0.2, 0) is 0 Å². The number of nitrogens with two attached hydrogens (primary N) is 1. The van der Waals surface area contributed by atoms with Crippen molar-refractivity contribution in [2.45, 2.75) is 26.6 Å². The molecular formula is C8H15N3. The average Bonchev–Trinajstić information content (AvgIpc) is 1.95. The predicted octanol–water partition coefficient (Wildman–Crippen LogP) is 0.929. The molecule has 0 fully saturated rings. The fourth-order valence-corrected chi connectivity index (χ4v) is 1.08. The second-order valence-corrected chi connectivity index (χ2v) is 2.74. The van der Waals surface area contributed by atoms with E-state index in [0.29, 0.717) is 0 Å². The molecule has 1 unspecified atom stereocenters. The minimum absolute atomic E-state index is 0.167. The lowest BCUT2D eigenvalue weighted by molar-refractivity contribution is 0.286. The first kappa shape index (κ1) is 8.27. The van der Waals surface area contributed by atoms with Gasteiger partial charge in [0.2, 0.25) is 0 Å². The SMILES string of the molecule is CCCN1C=CC(C)=NC1N. The van der Waals surface area contributed by atoms with Crippen LogP contribution in [0.3, 0.4) is 0 Å². The Bertz CT molecular complexity index is 184. The third kappa shape index (κ3) is 2.05. The molecule has 0 saturated heterocycles. The van der Waals surface area contributed by atoms with Crippen LogP contribution in [0.2, 0.25) is 0 Å². The molecule has 1 heterocycles. The molecule has 0 saturated carbocycles. The van der Waals surface area contributed by atoms with Crippen LogP contribution < -0.4 is 5.73 Å². The van der Waals surface area contributed by atoms with Crippen LogP contribution in [0, 0.1) is 0 Å². The van der Waals surface area contributed by atoms with E-state index in [0.717, 1.165) is 18.7 Å². The van der Waals surface area contributed by atoms with Gasteiger partial charge in [0, 0.05) is 18.5 Å². The number of nitrogens with zero attached hydrogens (tertiary/aromatic N) is 2. The van der Waals surface area contributed by atoms with Gasteiger partial charge in [-0.25, -0.2) is 0 Å². The van der Waals surface area contributed by atoms with Crippen LogP contribution in [0.15, 0.2) is 17.3 Å². The van der Waals surface area contributed by atoms with Gasteiger partial charge in [0.25, 0.3) is 0 Å². The summed E-state index contributed by atoms with van der Waals surface area (Å²) in [5.74, 6) is 0. The van der Waals surface area contributed by atoms with Crippen LogP contribution in [0.25, 0.3) is 0 Å². The van der Waals surface area contributed by atoms with Crippen molar-refractivity contribution in [3.63, 3.8) is 0 Å². The zero-order valence-corrected chi connectivity index (χ0v) is 7.12. The molecule has 1 aliphatic rings. The zero-order chi connectivity index (χ0) is 8.27. The van der Waals surface area contributed by atoms with Crippen LogP contribution in [0.1, 0.15) is 20.3 Å². The second kappa shape index (κ2) is 3.53. The Morgan fingerprint density at radius 2 is 2.45 bits per heavy atom. The number of allylic oxidation sites excluding steroid dienone is 1. The van der Waals surface area contributed by atoms with E-state index in [1.807, 2.05) is 24.1 Å². The molecule has 0 aromatic heterocycles. The molecular weight excluding hydrogens is 138 g/mol. The van der Waals surface area contributed by atoms with Crippen molar-refractivity contribution in [3.05, 3.63) is 12.3 Å². The topological polar surface area (TPSA) is 41.6 Å². The molecule has 0 spiro atoms. The zero-order valence-electron chi connectivity index (χ0n) is 7.12. The molecule has 0 aromatic rings. The molecule has 1 aliphatic heterocycles. The van der Waals surface area contributed by atoms with E-state index in [-0.39, 0.29) is 6.29 Å². The van der Waals surface area contributed by atoms with E-state index in [2.05, 4.69) is 11.9 Å². The quantitative estimate of drug-likeness (QED) is 0.641. The van der Waals surface area contributed by atoms with Crippen molar-refractivity contribution >= 4 is 5.71 Å². The summed E-state index contributed by atoms with van der Waals surface area (Å²) in [5, 5.41) is 0. The molecule has 11 heavy (non-hydrogen) atoms. The van der Waals surface area contributed by atoms with Crippen molar-refractivity contribution < 1.29 is 0 Å². The minimum atomic E-state index is -0.167. The highest BCUT2D eigenvalue weighted by Gasteiger charge is 2.10. The maximum atomic E-state index is 5.74. The first-order valence-corrected chi connectivity index (χ1v) is 3.98. The van der Waals surface area contributed by atoms with Gasteiger partial charge in [0.1, 0.15) is 0 Å². The Labute approximate surface area is 67.6 Å². The molecule has 1 rings (SSSR count). The van der Waals surface area contributed by atoms with Gasteiger partial charge >= 0.3 is 0 Å². The monoisotopic (exact) mass is 153 g/mol. The van der Waals surface area contributed by atoms with Crippen molar-refractivity contribution in [1.29, 1.82) is 0 Å². The number of hydrogen-bond donors (Lipinski definition) is 1. The summed E-state index contributed by atoms with van der Waals surface area (Å²) in [4.78, 5) is 6.25. The Balaban J connectivity index is 2.54. The van der Waals surface area contributed by atoms with Crippen LogP contribution in [0.4, 0.5) is 0 Å². The summed E-state index contributed by atoms with van der Waals surface area (Å²) in [6.45, 7) is 5.07. The molecule has 3 heteroatoms. The van der Waals surface area contributed by atoms with Crippen LogP contribution in [-0.4, -0.2) is 23.4 Å². The van der Waals surface area contributed by atoms with E-state index in [9.17, 15) is 0 Å². The van der Waals surface area contributed by atoms with E-state index >= 15 is 0 Å². The van der Waals surface area contributed by atoms with Gasteiger partial charge in [-0.1, -0.05) is 6.92 Å². The van der Waals surface area contributed by atoms with E-state index in [1.165, 1.54) is 0 Å². The highest BCUT2D eigenvalue weighted by atomic mass is 15.3. The summed E-state index contributed by atoms with van der Waals surface area (Å²) < 4.78 is 0. The number of hydrogen-bond acceptors (Lipinski definition) is 3. The largest absolute Gasteiger partial charge is 0.344 e. The summed E-state index contributed by atoms with van der Waals surface area (Å²) >= 11 is 0.